The fraction of sp³-hybridized carbons (Fsp3) is 0.306. The molecular formula is C49H52GeIrN2O-2. The first-order valence-electron chi connectivity index (χ1n) is 19.4. The van der Waals surface area contributed by atoms with Crippen LogP contribution in [0.2, 0.25) is 17.3 Å². The van der Waals surface area contributed by atoms with Gasteiger partial charge in [-0.2, -0.15) is 0 Å². The van der Waals surface area contributed by atoms with Crippen LogP contribution in [0.5, 0.6) is 0 Å². The Balaban J connectivity index is 0.000000187. The summed E-state index contributed by atoms with van der Waals surface area (Å²) < 4.78 is 7.96. The molecule has 54 heavy (non-hydrogen) atoms. The topological polar surface area (TPSA) is 38.9 Å². The summed E-state index contributed by atoms with van der Waals surface area (Å²) in [6, 6.07) is 42.4. The Labute approximate surface area is 338 Å². The van der Waals surface area contributed by atoms with E-state index in [1.54, 1.807) is 9.96 Å². The molecular weight excluding hydrogens is 897 g/mol. The van der Waals surface area contributed by atoms with Crippen LogP contribution >= 0.6 is 0 Å². The molecule has 5 heteroatoms. The molecule has 1 aliphatic rings. The first kappa shape index (κ1) is 39.9. The standard InChI is InChI=1S/C28H24NO.C21H28GeN.Ir/c1-28(2,3)18-19-14-15-29-25(16-19)24-11-7-10-23-22-13-12-21(17-26(22)30-27(23)24)20-8-5-4-6-9-20;1-22(2,3)20-16-23-21(18-12-8-5-9-13-18)15-19(20)14-17-10-6-4-7-11-17;/h4-10,12-17H,18H2,1-3H3;5,8-9,12,15-17H,4,6-7,10-11,14H2,1-3H3;/q2*-1;. The van der Waals surface area contributed by atoms with Gasteiger partial charge in [0.15, 0.2) is 0 Å². The van der Waals surface area contributed by atoms with Gasteiger partial charge in [0.2, 0.25) is 0 Å². The van der Waals surface area contributed by atoms with Crippen molar-refractivity contribution in [2.45, 2.75) is 83.0 Å². The second-order valence-corrected chi connectivity index (χ2v) is 27.6. The van der Waals surface area contributed by atoms with Crippen molar-refractivity contribution in [1.29, 1.82) is 0 Å². The molecule has 1 radical (unpaired) electrons. The minimum Gasteiger partial charge on any atom is 0 e. The molecule has 1 aliphatic carbocycles. The molecule has 8 rings (SSSR count). The minimum atomic E-state index is -1.89. The molecule has 279 valence electrons. The van der Waals surface area contributed by atoms with Gasteiger partial charge in [-0.1, -0.05) is 85.8 Å². The summed E-state index contributed by atoms with van der Waals surface area (Å²) in [6.07, 6.45) is 13.4. The zero-order valence-electron chi connectivity index (χ0n) is 32.6. The van der Waals surface area contributed by atoms with Gasteiger partial charge in [0.1, 0.15) is 5.58 Å². The van der Waals surface area contributed by atoms with Gasteiger partial charge in [-0.15, -0.1) is 18.2 Å². The number of aromatic nitrogens is 2. The average molecular weight is 950 g/mol. The van der Waals surface area contributed by atoms with Crippen molar-refractivity contribution in [2.24, 2.45) is 11.3 Å². The number of fused-ring (bicyclic) bond motifs is 3. The predicted octanol–water partition coefficient (Wildman–Crippen LogP) is 12.9. The van der Waals surface area contributed by atoms with Crippen molar-refractivity contribution in [3.63, 3.8) is 0 Å². The van der Waals surface area contributed by atoms with E-state index in [4.69, 9.17) is 9.40 Å². The summed E-state index contributed by atoms with van der Waals surface area (Å²) in [5, 5.41) is 2.21. The van der Waals surface area contributed by atoms with Crippen molar-refractivity contribution >= 4 is 39.6 Å². The van der Waals surface area contributed by atoms with Crippen LogP contribution in [0.3, 0.4) is 0 Å². The van der Waals surface area contributed by atoms with Crippen LogP contribution < -0.4 is 4.40 Å². The van der Waals surface area contributed by atoms with Crippen molar-refractivity contribution in [2.75, 3.05) is 0 Å². The van der Waals surface area contributed by atoms with E-state index in [9.17, 15) is 0 Å². The summed E-state index contributed by atoms with van der Waals surface area (Å²) in [5.74, 6) is 8.32. The Hall–Kier alpha value is -3.83. The predicted molar refractivity (Wildman–Crippen MR) is 226 cm³/mol. The number of hydrogen-bond acceptors (Lipinski definition) is 3. The van der Waals surface area contributed by atoms with Crippen LogP contribution in [0.15, 0.2) is 120 Å². The summed E-state index contributed by atoms with van der Waals surface area (Å²) in [4.78, 5) is 9.42. The Bertz CT molecular complexity index is 2300. The summed E-state index contributed by atoms with van der Waals surface area (Å²) >= 11 is -1.89. The van der Waals surface area contributed by atoms with Crippen LogP contribution in [-0.2, 0) is 32.9 Å². The van der Waals surface area contributed by atoms with E-state index in [-0.39, 0.29) is 25.5 Å². The fourth-order valence-corrected chi connectivity index (χ4v) is 11.2. The fourth-order valence-electron chi connectivity index (χ4n) is 7.82. The number of hydrogen-bond donors (Lipinski definition) is 0. The van der Waals surface area contributed by atoms with Crippen molar-refractivity contribution in [1.82, 2.24) is 9.97 Å². The Kier molecular flexibility index (Phi) is 12.8. The van der Waals surface area contributed by atoms with E-state index in [0.717, 1.165) is 62.4 Å². The average Bonchev–Trinajstić information content (AvgIpc) is 3.53. The number of benzene rings is 4. The summed E-state index contributed by atoms with van der Waals surface area (Å²) in [6.45, 7) is 6.76. The quantitative estimate of drug-likeness (QED) is 0.118. The van der Waals surface area contributed by atoms with Crippen LogP contribution in [-0.4, -0.2) is 23.2 Å². The van der Waals surface area contributed by atoms with Gasteiger partial charge < -0.3 is 9.40 Å². The maximum atomic E-state index is 6.37. The van der Waals surface area contributed by atoms with Crippen LogP contribution in [0, 0.1) is 23.5 Å². The molecule has 4 aromatic carbocycles. The maximum Gasteiger partial charge on any atom is 0 e. The second-order valence-electron chi connectivity index (χ2n) is 17.0. The molecule has 0 aliphatic heterocycles. The molecule has 3 nitrogen and oxygen atoms in total. The van der Waals surface area contributed by atoms with Crippen molar-refractivity contribution in [3.05, 3.63) is 139 Å². The van der Waals surface area contributed by atoms with Crippen molar-refractivity contribution < 1.29 is 24.5 Å². The summed E-state index contributed by atoms with van der Waals surface area (Å²) in [5.41, 5.74) is 11.2. The van der Waals surface area contributed by atoms with Gasteiger partial charge in [-0.05, 0) is 40.8 Å². The van der Waals surface area contributed by atoms with Gasteiger partial charge in [0.25, 0.3) is 0 Å². The number of nitrogens with zero attached hydrogens (tertiary/aromatic N) is 2. The summed E-state index contributed by atoms with van der Waals surface area (Å²) in [7, 11) is 0. The normalized spacial score (nSPS) is 13.7. The number of rotatable bonds is 7. The number of furan rings is 1. The van der Waals surface area contributed by atoms with Crippen LogP contribution in [0.4, 0.5) is 0 Å². The molecule has 0 amide bonds. The van der Waals surface area contributed by atoms with Crippen LogP contribution in [0.25, 0.3) is 55.6 Å². The molecule has 0 atom stereocenters. The van der Waals surface area contributed by atoms with Gasteiger partial charge >= 0.3 is 144 Å². The van der Waals surface area contributed by atoms with Crippen LogP contribution in [0.1, 0.15) is 64.0 Å². The monoisotopic (exact) mass is 951 g/mol. The second kappa shape index (κ2) is 17.3. The first-order chi connectivity index (χ1) is 25.5. The van der Waals surface area contributed by atoms with E-state index < -0.39 is 13.3 Å². The molecule has 0 spiro atoms. The van der Waals surface area contributed by atoms with E-state index >= 15 is 0 Å². The van der Waals surface area contributed by atoms with Gasteiger partial charge in [0, 0.05) is 31.7 Å². The third kappa shape index (κ3) is 9.69. The third-order valence-electron chi connectivity index (χ3n) is 10.4. The van der Waals surface area contributed by atoms with Gasteiger partial charge in [-0.3, -0.25) is 0 Å². The van der Waals surface area contributed by atoms with Gasteiger partial charge in [0.05, 0.1) is 5.58 Å². The Morgan fingerprint density at radius 2 is 1.52 bits per heavy atom. The minimum absolute atomic E-state index is 0. The van der Waals surface area contributed by atoms with E-state index in [2.05, 4.69) is 140 Å². The molecule has 3 heterocycles. The zero-order chi connectivity index (χ0) is 37.0. The third-order valence-corrected chi connectivity index (χ3v) is 14.7. The molecule has 3 aromatic heterocycles. The first-order valence-corrected chi connectivity index (χ1v) is 26.7. The largest absolute Gasteiger partial charge is 0 e. The number of pyridine rings is 2. The molecule has 0 saturated heterocycles. The molecule has 0 bridgehead atoms. The Morgan fingerprint density at radius 1 is 0.741 bits per heavy atom. The maximum absolute atomic E-state index is 6.37. The molecule has 1 fully saturated rings. The molecule has 7 aromatic rings. The SMILES string of the molecule is CC(C)(C)Cc1ccnc(-c2[c-]ccc3c2oc2cc(-c4ccccc4)ccc23)c1.[CH3][Ge]([CH3])([CH3])[c]1cnc(-c2[c-]cccc2)cc1CC1CCCCC1.[Ir]. The molecule has 0 unspecified atom stereocenters. The Morgan fingerprint density at radius 3 is 2.24 bits per heavy atom. The van der Waals surface area contributed by atoms with E-state index in [0.29, 0.717) is 0 Å². The zero-order valence-corrected chi connectivity index (χ0v) is 37.1. The van der Waals surface area contributed by atoms with E-state index in [1.807, 2.05) is 30.5 Å². The van der Waals surface area contributed by atoms with Crippen molar-refractivity contribution in [3.8, 4) is 33.6 Å². The molecule has 0 N–H and O–H groups in total. The van der Waals surface area contributed by atoms with Gasteiger partial charge in [-0.25, -0.2) is 0 Å². The van der Waals surface area contributed by atoms with E-state index in [1.165, 1.54) is 49.7 Å². The molecule has 1 saturated carbocycles. The smallest absolute Gasteiger partial charge is 0 e.